The van der Waals surface area contributed by atoms with Crippen LogP contribution in [0.25, 0.3) is 0 Å². The SMILES string of the molecule is CCc1ccc(C(=O)C=CNc2ccccc2C(C)C)cc1. The maximum atomic E-state index is 12.1. The topological polar surface area (TPSA) is 29.1 Å². The van der Waals surface area contributed by atoms with Gasteiger partial charge in [0, 0.05) is 23.5 Å². The van der Waals surface area contributed by atoms with E-state index in [9.17, 15) is 4.79 Å². The molecule has 0 spiro atoms. The van der Waals surface area contributed by atoms with Crippen molar-refractivity contribution < 1.29 is 4.79 Å². The first-order chi connectivity index (χ1) is 10.6. The number of hydrogen-bond donors (Lipinski definition) is 1. The fraction of sp³-hybridized carbons (Fsp3) is 0.250. The highest BCUT2D eigenvalue weighted by molar-refractivity contribution is 6.04. The molecule has 0 amide bonds. The Bertz CT molecular complexity index is 654. The van der Waals surface area contributed by atoms with Gasteiger partial charge in [-0.3, -0.25) is 4.79 Å². The van der Waals surface area contributed by atoms with E-state index in [1.807, 2.05) is 42.5 Å². The molecule has 2 aromatic rings. The highest BCUT2D eigenvalue weighted by Gasteiger charge is 2.04. The van der Waals surface area contributed by atoms with Gasteiger partial charge in [-0.1, -0.05) is 63.2 Å². The number of para-hydroxylation sites is 1. The number of ketones is 1. The summed E-state index contributed by atoms with van der Waals surface area (Å²) in [5, 5.41) is 3.22. The molecule has 2 aromatic carbocycles. The first-order valence-corrected chi connectivity index (χ1v) is 7.77. The fourth-order valence-electron chi connectivity index (χ4n) is 2.34. The second-order valence-electron chi connectivity index (χ2n) is 5.63. The van der Waals surface area contributed by atoms with Crippen LogP contribution in [0.2, 0.25) is 0 Å². The Morgan fingerprint density at radius 3 is 2.41 bits per heavy atom. The highest BCUT2D eigenvalue weighted by atomic mass is 16.1. The van der Waals surface area contributed by atoms with Crippen LogP contribution in [0.3, 0.4) is 0 Å². The third-order valence-electron chi connectivity index (χ3n) is 3.70. The molecule has 0 saturated heterocycles. The molecule has 0 radical (unpaired) electrons. The Labute approximate surface area is 132 Å². The van der Waals surface area contributed by atoms with Crippen molar-refractivity contribution in [1.82, 2.24) is 0 Å². The first kappa shape index (κ1) is 16.0. The number of aryl methyl sites for hydroxylation is 1. The van der Waals surface area contributed by atoms with Crippen LogP contribution < -0.4 is 5.32 Å². The minimum absolute atomic E-state index is 0.0113. The lowest BCUT2D eigenvalue weighted by molar-refractivity contribution is 0.104. The molecule has 0 heterocycles. The van der Waals surface area contributed by atoms with Gasteiger partial charge in [-0.15, -0.1) is 0 Å². The number of carbonyl (C=O) groups is 1. The van der Waals surface area contributed by atoms with E-state index in [1.165, 1.54) is 11.1 Å². The second kappa shape index (κ2) is 7.60. The molecule has 114 valence electrons. The lowest BCUT2D eigenvalue weighted by atomic mass is 10.0. The molecule has 1 N–H and O–H groups in total. The Balaban J connectivity index is 2.04. The third-order valence-corrected chi connectivity index (χ3v) is 3.70. The summed E-state index contributed by atoms with van der Waals surface area (Å²) in [4.78, 5) is 12.1. The van der Waals surface area contributed by atoms with Crippen molar-refractivity contribution >= 4 is 11.5 Å². The molecule has 0 atom stereocenters. The molecule has 0 unspecified atom stereocenters. The predicted octanol–water partition coefficient (Wildman–Crippen LogP) is 5.18. The van der Waals surface area contributed by atoms with Crippen LogP contribution in [0.4, 0.5) is 5.69 Å². The van der Waals surface area contributed by atoms with E-state index in [2.05, 4.69) is 32.2 Å². The quantitative estimate of drug-likeness (QED) is 0.587. The summed E-state index contributed by atoms with van der Waals surface area (Å²) in [5.41, 5.74) is 4.24. The van der Waals surface area contributed by atoms with Crippen molar-refractivity contribution in [1.29, 1.82) is 0 Å². The van der Waals surface area contributed by atoms with E-state index in [1.54, 1.807) is 12.3 Å². The van der Waals surface area contributed by atoms with Gasteiger partial charge >= 0.3 is 0 Å². The van der Waals surface area contributed by atoms with Crippen LogP contribution in [-0.2, 0) is 6.42 Å². The lowest BCUT2D eigenvalue weighted by Crippen LogP contribution is -1.99. The van der Waals surface area contributed by atoms with Gasteiger partial charge in [0.05, 0.1) is 0 Å². The normalized spacial score (nSPS) is 11.1. The van der Waals surface area contributed by atoms with Crippen LogP contribution >= 0.6 is 0 Å². The Morgan fingerprint density at radius 1 is 1.09 bits per heavy atom. The Hall–Kier alpha value is -2.35. The van der Waals surface area contributed by atoms with E-state index < -0.39 is 0 Å². The molecular formula is C20H23NO. The minimum Gasteiger partial charge on any atom is -0.361 e. The van der Waals surface area contributed by atoms with Gasteiger partial charge in [0.2, 0.25) is 0 Å². The van der Waals surface area contributed by atoms with Gasteiger partial charge in [0.25, 0.3) is 0 Å². The van der Waals surface area contributed by atoms with Crippen LogP contribution in [0, 0.1) is 0 Å². The molecule has 0 saturated carbocycles. The van der Waals surface area contributed by atoms with E-state index in [4.69, 9.17) is 0 Å². The highest BCUT2D eigenvalue weighted by Crippen LogP contribution is 2.23. The molecule has 0 fully saturated rings. The van der Waals surface area contributed by atoms with Crippen LogP contribution in [-0.4, -0.2) is 5.78 Å². The van der Waals surface area contributed by atoms with Crippen molar-refractivity contribution in [2.24, 2.45) is 0 Å². The zero-order chi connectivity index (χ0) is 15.9. The van der Waals surface area contributed by atoms with Gasteiger partial charge in [-0.2, -0.15) is 0 Å². The number of rotatable bonds is 6. The van der Waals surface area contributed by atoms with Crippen LogP contribution in [0.5, 0.6) is 0 Å². The largest absolute Gasteiger partial charge is 0.361 e. The Kier molecular flexibility index (Phi) is 5.54. The smallest absolute Gasteiger partial charge is 0.187 e. The molecule has 22 heavy (non-hydrogen) atoms. The number of allylic oxidation sites excluding steroid dienone is 1. The van der Waals surface area contributed by atoms with Gasteiger partial charge in [0.1, 0.15) is 0 Å². The zero-order valence-corrected chi connectivity index (χ0v) is 13.5. The minimum atomic E-state index is 0.0113. The number of nitrogens with one attached hydrogen (secondary N) is 1. The number of carbonyl (C=O) groups excluding carboxylic acids is 1. The zero-order valence-electron chi connectivity index (χ0n) is 13.5. The average molecular weight is 293 g/mol. The Morgan fingerprint density at radius 2 is 1.77 bits per heavy atom. The molecule has 0 bridgehead atoms. The molecule has 0 aliphatic carbocycles. The maximum Gasteiger partial charge on any atom is 0.187 e. The van der Waals surface area contributed by atoms with E-state index in [-0.39, 0.29) is 5.78 Å². The van der Waals surface area contributed by atoms with Crippen molar-refractivity contribution in [3.8, 4) is 0 Å². The third kappa shape index (κ3) is 4.08. The average Bonchev–Trinajstić information content (AvgIpc) is 2.55. The summed E-state index contributed by atoms with van der Waals surface area (Å²) in [6.45, 7) is 6.42. The molecule has 2 heteroatoms. The molecule has 2 rings (SSSR count). The number of anilines is 1. The molecule has 0 aliphatic heterocycles. The van der Waals surface area contributed by atoms with Gasteiger partial charge in [0.15, 0.2) is 5.78 Å². The van der Waals surface area contributed by atoms with E-state index in [0.717, 1.165) is 12.1 Å². The van der Waals surface area contributed by atoms with Crippen molar-refractivity contribution in [3.63, 3.8) is 0 Å². The summed E-state index contributed by atoms with van der Waals surface area (Å²) < 4.78 is 0. The lowest BCUT2D eigenvalue weighted by Gasteiger charge is -2.11. The molecule has 2 nitrogen and oxygen atoms in total. The van der Waals surface area contributed by atoms with Crippen molar-refractivity contribution in [2.75, 3.05) is 5.32 Å². The standard InChI is InChI=1S/C20H23NO/c1-4-16-9-11-17(12-10-16)20(22)13-14-21-19-8-6-5-7-18(19)15(2)3/h5-15,21H,4H2,1-3H3. The second-order valence-corrected chi connectivity index (χ2v) is 5.63. The van der Waals surface area contributed by atoms with Crippen molar-refractivity contribution in [2.45, 2.75) is 33.1 Å². The van der Waals surface area contributed by atoms with Gasteiger partial charge in [-0.05, 0) is 29.5 Å². The monoisotopic (exact) mass is 293 g/mol. The summed E-state index contributed by atoms with van der Waals surface area (Å²) >= 11 is 0. The fourth-order valence-corrected chi connectivity index (χ4v) is 2.34. The molecular weight excluding hydrogens is 270 g/mol. The summed E-state index contributed by atoms with van der Waals surface area (Å²) in [7, 11) is 0. The predicted molar refractivity (Wildman–Crippen MR) is 93.4 cm³/mol. The maximum absolute atomic E-state index is 12.1. The van der Waals surface area contributed by atoms with Crippen LogP contribution in [0.1, 0.15) is 48.2 Å². The summed E-state index contributed by atoms with van der Waals surface area (Å²) in [6.07, 6.45) is 4.28. The number of hydrogen-bond acceptors (Lipinski definition) is 2. The van der Waals surface area contributed by atoms with Gasteiger partial charge < -0.3 is 5.32 Å². The first-order valence-electron chi connectivity index (χ1n) is 7.77. The van der Waals surface area contributed by atoms with E-state index >= 15 is 0 Å². The summed E-state index contributed by atoms with van der Waals surface area (Å²) in [6, 6.07) is 15.9. The van der Waals surface area contributed by atoms with E-state index in [0.29, 0.717) is 11.5 Å². The van der Waals surface area contributed by atoms with Gasteiger partial charge in [-0.25, -0.2) is 0 Å². The molecule has 0 aliphatic rings. The van der Waals surface area contributed by atoms with Crippen molar-refractivity contribution in [3.05, 3.63) is 77.5 Å². The van der Waals surface area contributed by atoms with Crippen LogP contribution in [0.15, 0.2) is 60.8 Å². The summed E-state index contributed by atoms with van der Waals surface area (Å²) in [5.74, 6) is 0.451. The molecule has 0 aromatic heterocycles. The number of benzene rings is 2.